The molecule has 0 aliphatic carbocycles. The van der Waals surface area contributed by atoms with Gasteiger partial charge in [-0.05, 0) is 32.5 Å². The van der Waals surface area contributed by atoms with E-state index in [2.05, 4.69) is 23.3 Å². The molecule has 2 heteroatoms. The van der Waals surface area contributed by atoms with Gasteiger partial charge in [0, 0.05) is 18.5 Å². The van der Waals surface area contributed by atoms with Gasteiger partial charge in [0.15, 0.2) is 0 Å². The van der Waals surface area contributed by atoms with E-state index < -0.39 is 0 Å². The van der Waals surface area contributed by atoms with E-state index in [1.54, 1.807) is 6.21 Å². The molecule has 0 amide bonds. The van der Waals surface area contributed by atoms with Crippen molar-refractivity contribution in [2.45, 2.75) is 34.6 Å². The van der Waals surface area contributed by atoms with Crippen LogP contribution in [0.15, 0.2) is 28.9 Å². The van der Waals surface area contributed by atoms with Gasteiger partial charge in [0.05, 0.1) is 0 Å². The van der Waals surface area contributed by atoms with Crippen molar-refractivity contribution in [3.63, 3.8) is 0 Å². The Morgan fingerprint density at radius 1 is 1.36 bits per heavy atom. The van der Waals surface area contributed by atoms with Gasteiger partial charge < -0.3 is 5.32 Å². The lowest BCUT2D eigenvalue weighted by Gasteiger charge is -1.94. The van der Waals surface area contributed by atoms with Gasteiger partial charge >= 0.3 is 0 Å². The molecule has 0 rings (SSSR count). The third kappa shape index (κ3) is 13.7. The van der Waals surface area contributed by atoms with E-state index in [0.29, 0.717) is 0 Å². The van der Waals surface area contributed by atoms with Gasteiger partial charge in [-0.2, -0.15) is 0 Å². The number of nitrogens with one attached hydrogen (secondary N) is 1. The van der Waals surface area contributed by atoms with Gasteiger partial charge in [0.2, 0.25) is 0 Å². The molecule has 0 heterocycles. The van der Waals surface area contributed by atoms with Crippen LogP contribution in [0.25, 0.3) is 0 Å². The minimum Gasteiger partial charge on any atom is -0.313 e. The van der Waals surface area contributed by atoms with E-state index in [-0.39, 0.29) is 0 Å². The molecule has 0 saturated carbocycles. The fraction of sp³-hybridized carbons (Fsp3) is 0.583. The van der Waals surface area contributed by atoms with Crippen LogP contribution in [0.5, 0.6) is 0 Å². The van der Waals surface area contributed by atoms with E-state index in [1.165, 1.54) is 0 Å². The van der Waals surface area contributed by atoms with Crippen molar-refractivity contribution < 1.29 is 0 Å². The Bertz CT molecular complexity index is 179. The molecule has 0 aliphatic rings. The van der Waals surface area contributed by atoms with Crippen LogP contribution in [0.4, 0.5) is 0 Å². The minimum absolute atomic E-state index is 0.898. The van der Waals surface area contributed by atoms with E-state index in [4.69, 9.17) is 0 Å². The second-order valence-electron chi connectivity index (χ2n) is 2.46. The second-order valence-corrected chi connectivity index (χ2v) is 2.46. The molecule has 0 saturated heterocycles. The van der Waals surface area contributed by atoms with E-state index in [1.807, 2.05) is 39.8 Å². The molecule has 0 atom stereocenters. The highest BCUT2D eigenvalue weighted by Crippen LogP contribution is 1.91. The van der Waals surface area contributed by atoms with Crippen LogP contribution in [0, 0.1) is 0 Å². The van der Waals surface area contributed by atoms with E-state index >= 15 is 0 Å². The normalized spacial score (nSPS) is 11.9. The molecule has 0 aromatic carbocycles. The van der Waals surface area contributed by atoms with Gasteiger partial charge in [-0.15, -0.1) is 0 Å². The van der Waals surface area contributed by atoms with E-state index in [9.17, 15) is 0 Å². The molecule has 0 unspecified atom stereocenters. The van der Waals surface area contributed by atoms with Crippen LogP contribution in [-0.2, 0) is 0 Å². The predicted octanol–water partition coefficient (Wildman–Crippen LogP) is 3.17. The maximum atomic E-state index is 4.19. The number of nitrogens with zero attached hydrogens (tertiary/aromatic N) is 1. The van der Waals surface area contributed by atoms with Crippen LogP contribution < -0.4 is 5.32 Å². The lowest BCUT2D eigenvalue weighted by Crippen LogP contribution is -2.11. The first-order valence-electron chi connectivity index (χ1n) is 5.34. The summed E-state index contributed by atoms with van der Waals surface area (Å²) in [5.74, 6) is 0. The van der Waals surface area contributed by atoms with E-state index in [0.717, 1.165) is 18.8 Å². The number of hydrogen-bond donors (Lipinski definition) is 1. The zero-order chi connectivity index (χ0) is 11.2. The average Bonchev–Trinajstić information content (AvgIpc) is 2.22. The highest BCUT2D eigenvalue weighted by molar-refractivity contribution is 5.71. The second kappa shape index (κ2) is 14.6. The summed E-state index contributed by atoms with van der Waals surface area (Å²) in [6.07, 6.45) is 7.76. The van der Waals surface area contributed by atoms with Crippen LogP contribution in [0.1, 0.15) is 34.6 Å². The Labute approximate surface area is 88.8 Å². The Hall–Kier alpha value is -0.890. The minimum atomic E-state index is 0.898. The molecular formula is C12H24N2. The topological polar surface area (TPSA) is 24.4 Å². The quantitative estimate of drug-likeness (QED) is 0.530. The largest absolute Gasteiger partial charge is 0.313 e. The summed E-state index contributed by atoms with van der Waals surface area (Å²) < 4.78 is 0. The number of aliphatic imine (C=N–C) groups is 1. The summed E-state index contributed by atoms with van der Waals surface area (Å²) >= 11 is 0. The number of hydrogen-bond acceptors (Lipinski definition) is 2. The summed E-state index contributed by atoms with van der Waals surface area (Å²) in [5.41, 5.74) is 1.05. The lowest BCUT2D eigenvalue weighted by molar-refractivity contribution is 0.795. The molecule has 1 N–H and O–H groups in total. The standard InChI is InChI=1S/C10H18N2.C2H6/c1-4-6-8-12-10(3)7-9-11-5-2;1-2/h4,6-8,11H,5,9H2,1-3H3;1-2H3/b6-4-,10-7+,12-8+;. The highest BCUT2D eigenvalue weighted by Gasteiger charge is 1.80. The molecule has 2 nitrogen and oxygen atoms in total. The summed E-state index contributed by atoms with van der Waals surface area (Å²) in [4.78, 5) is 4.19. The Balaban J connectivity index is 0. The maximum absolute atomic E-state index is 4.19. The summed E-state index contributed by atoms with van der Waals surface area (Å²) in [5, 5.41) is 3.20. The molecule has 0 bridgehead atoms. The smallest absolute Gasteiger partial charge is 0.0345 e. The Morgan fingerprint density at radius 2 is 2.00 bits per heavy atom. The zero-order valence-corrected chi connectivity index (χ0v) is 10.2. The van der Waals surface area contributed by atoms with Crippen molar-refractivity contribution >= 4 is 6.21 Å². The number of allylic oxidation sites excluding steroid dienone is 3. The molecule has 0 fully saturated rings. The first-order chi connectivity index (χ1) is 6.81. The molecule has 0 aromatic heterocycles. The summed E-state index contributed by atoms with van der Waals surface area (Å²) in [6, 6.07) is 0. The van der Waals surface area contributed by atoms with Crippen molar-refractivity contribution in [1.29, 1.82) is 0 Å². The van der Waals surface area contributed by atoms with Crippen molar-refractivity contribution in [1.82, 2.24) is 5.32 Å². The van der Waals surface area contributed by atoms with Gasteiger partial charge in [-0.25, -0.2) is 0 Å². The first kappa shape index (κ1) is 15.6. The average molecular weight is 196 g/mol. The van der Waals surface area contributed by atoms with Crippen LogP contribution in [0.3, 0.4) is 0 Å². The predicted molar refractivity (Wildman–Crippen MR) is 67.0 cm³/mol. The summed E-state index contributed by atoms with van der Waals surface area (Å²) in [7, 11) is 0. The van der Waals surface area contributed by atoms with Crippen LogP contribution >= 0.6 is 0 Å². The van der Waals surface area contributed by atoms with Crippen molar-refractivity contribution in [2.24, 2.45) is 4.99 Å². The lowest BCUT2D eigenvalue weighted by atomic mass is 10.4. The van der Waals surface area contributed by atoms with Crippen molar-refractivity contribution in [3.8, 4) is 0 Å². The SMILES string of the molecule is CC.C\C=C/C=N/C(C)=C/CNCC. The Morgan fingerprint density at radius 3 is 2.50 bits per heavy atom. The number of likely N-dealkylation sites (N-methyl/N-ethyl adjacent to an activating group) is 1. The zero-order valence-electron chi connectivity index (χ0n) is 10.2. The molecule has 82 valence electrons. The molecular weight excluding hydrogens is 172 g/mol. The molecule has 0 spiro atoms. The molecule has 0 aromatic rings. The third-order valence-electron chi connectivity index (χ3n) is 1.35. The number of rotatable bonds is 5. The van der Waals surface area contributed by atoms with Crippen LogP contribution in [-0.4, -0.2) is 19.3 Å². The Kier molecular flexibility index (Phi) is 16.3. The van der Waals surface area contributed by atoms with Gasteiger partial charge in [-0.3, -0.25) is 4.99 Å². The fourth-order valence-electron chi connectivity index (χ4n) is 0.664. The highest BCUT2D eigenvalue weighted by atomic mass is 14.8. The van der Waals surface area contributed by atoms with Gasteiger partial charge in [0.1, 0.15) is 0 Å². The molecule has 14 heavy (non-hydrogen) atoms. The van der Waals surface area contributed by atoms with Crippen LogP contribution in [0.2, 0.25) is 0 Å². The monoisotopic (exact) mass is 196 g/mol. The molecule has 0 aliphatic heterocycles. The molecule has 0 radical (unpaired) electrons. The van der Waals surface area contributed by atoms with Gasteiger partial charge in [0.25, 0.3) is 0 Å². The third-order valence-corrected chi connectivity index (χ3v) is 1.35. The fourth-order valence-corrected chi connectivity index (χ4v) is 0.664. The van der Waals surface area contributed by atoms with Crippen molar-refractivity contribution in [3.05, 3.63) is 23.9 Å². The maximum Gasteiger partial charge on any atom is 0.0345 e. The summed E-state index contributed by atoms with van der Waals surface area (Å²) in [6.45, 7) is 12.0. The van der Waals surface area contributed by atoms with Crippen molar-refractivity contribution in [2.75, 3.05) is 13.1 Å². The van der Waals surface area contributed by atoms with Gasteiger partial charge in [-0.1, -0.05) is 26.8 Å². The first-order valence-corrected chi connectivity index (χ1v) is 5.34.